The van der Waals surface area contributed by atoms with Crippen LogP contribution in [0.25, 0.3) is 0 Å². The summed E-state index contributed by atoms with van der Waals surface area (Å²) in [5.74, 6) is -3.20. The third-order valence-corrected chi connectivity index (χ3v) is 6.91. The minimum absolute atomic E-state index is 0.0374. The molecule has 2 aliphatic rings. The van der Waals surface area contributed by atoms with Gasteiger partial charge in [0.15, 0.2) is 5.88 Å². The lowest BCUT2D eigenvalue weighted by Gasteiger charge is -2.42. The summed E-state index contributed by atoms with van der Waals surface area (Å²) >= 11 is 0. The fourth-order valence-corrected chi connectivity index (χ4v) is 4.71. The molecule has 0 spiro atoms. The number of allylic oxidation sites excluding steroid dienone is 1. The molecule has 2 aromatic carbocycles. The maximum Gasteiger partial charge on any atom is 0.234 e. The zero-order valence-electron chi connectivity index (χ0n) is 22.1. The van der Waals surface area contributed by atoms with Crippen LogP contribution >= 0.6 is 0 Å². The Balaban J connectivity index is 1.22. The number of hydrogen-bond acceptors (Lipinski definition) is 6. The molecule has 2 aliphatic heterocycles. The number of anilines is 2. The molecule has 0 saturated carbocycles. The molecule has 0 aromatic heterocycles. The highest BCUT2D eigenvalue weighted by Crippen LogP contribution is 2.33. The summed E-state index contributed by atoms with van der Waals surface area (Å²) < 4.78 is 35.2. The number of nitrogens with one attached hydrogen (secondary N) is 2. The van der Waals surface area contributed by atoms with E-state index in [1.165, 1.54) is 12.1 Å². The van der Waals surface area contributed by atoms with Gasteiger partial charge in [0, 0.05) is 56.3 Å². The molecule has 2 fully saturated rings. The van der Waals surface area contributed by atoms with E-state index in [1.807, 2.05) is 31.2 Å². The summed E-state index contributed by atoms with van der Waals surface area (Å²) in [5, 5.41) is 5.24. The molecule has 39 heavy (non-hydrogen) atoms. The second-order valence-electron chi connectivity index (χ2n) is 9.93. The average molecular weight is 539 g/mol. The quantitative estimate of drug-likeness (QED) is 0.351. The Morgan fingerprint density at radius 2 is 1.85 bits per heavy atom. The van der Waals surface area contributed by atoms with Gasteiger partial charge in [0.05, 0.1) is 17.7 Å². The van der Waals surface area contributed by atoms with Gasteiger partial charge in [-0.25, -0.2) is 8.78 Å². The number of amides is 3. The average Bonchev–Trinajstić information content (AvgIpc) is 2.84. The molecule has 4 rings (SSSR count). The molecule has 0 radical (unpaired) electrons. The van der Waals surface area contributed by atoms with Crippen LogP contribution < -0.4 is 20.4 Å². The van der Waals surface area contributed by atoms with Crippen LogP contribution in [-0.2, 0) is 19.1 Å². The monoisotopic (exact) mass is 538 g/mol. The highest BCUT2D eigenvalue weighted by molar-refractivity contribution is 6.01. The van der Waals surface area contributed by atoms with Crippen molar-refractivity contribution in [3.05, 3.63) is 84.0 Å². The van der Waals surface area contributed by atoms with Gasteiger partial charge in [0.1, 0.15) is 11.6 Å². The molecule has 10 heteroatoms. The van der Waals surface area contributed by atoms with Gasteiger partial charge in [0.25, 0.3) is 0 Å². The summed E-state index contributed by atoms with van der Waals surface area (Å²) in [4.78, 5) is 39.3. The molecular weight excluding hydrogens is 506 g/mol. The Labute approximate surface area is 226 Å². The molecule has 2 saturated heterocycles. The van der Waals surface area contributed by atoms with Gasteiger partial charge in [-0.15, -0.1) is 0 Å². The smallest absolute Gasteiger partial charge is 0.234 e. The molecule has 206 valence electrons. The van der Waals surface area contributed by atoms with Crippen molar-refractivity contribution in [1.29, 1.82) is 0 Å². The molecule has 8 nitrogen and oxygen atoms in total. The lowest BCUT2D eigenvalue weighted by Crippen LogP contribution is -2.58. The first-order valence-electron chi connectivity index (χ1n) is 12.7. The number of imide groups is 1. The van der Waals surface area contributed by atoms with E-state index in [1.54, 1.807) is 16.8 Å². The molecule has 3 amide bonds. The van der Waals surface area contributed by atoms with Gasteiger partial charge in [-0.2, -0.15) is 0 Å². The van der Waals surface area contributed by atoms with Crippen molar-refractivity contribution in [2.75, 3.05) is 29.9 Å². The van der Waals surface area contributed by atoms with Gasteiger partial charge >= 0.3 is 0 Å². The van der Waals surface area contributed by atoms with E-state index in [0.717, 1.165) is 11.3 Å². The molecule has 2 N–H and O–H groups in total. The first-order valence-corrected chi connectivity index (χ1v) is 12.7. The second kappa shape index (κ2) is 11.7. The second-order valence-corrected chi connectivity index (χ2v) is 9.93. The van der Waals surface area contributed by atoms with E-state index in [0.29, 0.717) is 31.0 Å². The van der Waals surface area contributed by atoms with Gasteiger partial charge in [-0.1, -0.05) is 18.7 Å². The number of hydrogen-bond donors (Lipinski definition) is 2. The number of halogens is 2. The Kier molecular flexibility index (Phi) is 8.32. The summed E-state index contributed by atoms with van der Waals surface area (Å²) in [6.45, 7) is 10.6. The van der Waals surface area contributed by atoms with E-state index in [4.69, 9.17) is 4.74 Å². The van der Waals surface area contributed by atoms with Crippen LogP contribution in [0.1, 0.15) is 42.7 Å². The van der Waals surface area contributed by atoms with E-state index in [9.17, 15) is 23.2 Å². The summed E-state index contributed by atoms with van der Waals surface area (Å²) in [5.41, 5.74) is 1.92. The van der Waals surface area contributed by atoms with Crippen LogP contribution in [0.4, 0.5) is 20.2 Å². The Bertz CT molecular complexity index is 1300. The Morgan fingerprint density at radius 1 is 1.15 bits per heavy atom. The van der Waals surface area contributed by atoms with Crippen molar-refractivity contribution in [3.8, 4) is 0 Å². The van der Waals surface area contributed by atoms with Crippen molar-refractivity contribution < 1.29 is 27.9 Å². The first-order chi connectivity index (χ1) is 18.5. The van der Waals surface area contributed by atoms with E-state index in [-0.39, 0.29) is 42.7 Å². The van der Waals surface area contributed by atoms with Crippen molar-refractivity contribution in [2.45, 2.75) is 44.6 Å². The van der Waals surface area contributed by atoms with Crippen LogP contribution in [0.5, 0.6) is 0 Å². The third-order valence-electron chi connectivity index (χ3n) is 6.91. The number of carbonyl (C=O) groups is 3. The van der Waals surface area contributed by atoms with E-state index in [2.05, 4.69) is 23.8 Å². The zero-order chi connectivity index (χ0) is 28.3. The fourth-order valence-electron chi connectivity index (χ4n) is 4.71. The van der Waals surface area contributed by atoms with Crippen LogP contribution in [-0.4, -0.2) is 43.9 Å². The minimum atomic E-state index is -1.03. The van der Waals surface area contributed by atoms with Crippen molar-refractivity contribution >= 4 is 29.1 Å². The summed E-state index contributed by atoms with van der Waals surface area (Å²) in [7, 11) is 1.73. The first kappa shape index (κ1) is 27.8. The number of piperidine rings is 1. The molecule has 1 unspecified atom stereocenters. The Hall–Kier alpha value is -4.21. The number of benzene rings is 2. The summed E-state index contributed by atoms with van der Waals surface area (Å²) in [6, 6.07) is 10.0. The minimum Gasteiger partial charge on any atom is -0.447 e. The molecule has 0 bridgehead atoms. The topological polar surface area (TPSA) is 91.0 Å². The Morgan fingerprint density at radius 3 is 2.49 bits per heavy atom. The maximum atomic E-state index is 14.8. The van der Waals surface area contributed by atoms with Gasteiger partial charge in [-0.05, 0) is 49.8 Å². The van der Waals surface area contributed by atoms with Crippen LogP contribution in [0, 0.1) is 18.6 Å². The van der Waals surface area contributed by atoms with E-state index < -0.39 is 29.4 Å². The molecule has 2 heterocycles. The summed E-state index contributed by atoms with van der Waals surface area (Å²) in [6.07, 6.45) is 0.651. The van der Waals surface area contributed by atoms with Crippen molar-refractivity contribution in [1.82, 2.24) is 10.6 Å². The maximum absolute atomic E-state index is 14.8. The standard InChI is InChI=1S/C29H32F2N4O4/c1-17-6-5-7-21(12-17)34(4)27(37)11-8-18(2)39-19(3)32-20-15-35(16-20)22-13-24(30)28(25(31)14-22)23-9-10-26(36)33-29(23)38/h5-7,12-14,20,23,32H,2-3,8-11,15-16H2,1,4H3,(H,33,36,38). The van der Waals surface area contributed by atoms with Gasteiger partial charge < -0.3 is 19.9 Å². The van der Waals surface area contributed by atoms with Crippen molar-refractivity contribution in [3.63, 3.8) is 0 Å². The number of carbonyl (C=O) groups excluding carboxylic acids is 3. The normalized spacial score (nSPS) is 17.2. The molecule has 0 aliphatic carbocycles. The highest BCUT2D eigenvalue weighted by atomic mass is 19.1. The number of aryl methyl sites for hydroxylation is 1. The fraction of sp³-hybridized carbons (Fsp3) is 0.345. The lowest BCUT2D eigenvalue weighted by atomic mass is 9.89. The number of nitrogens with zero attached hydrogens (tertiary/aromatic N) is 2. The third kappa shape index (κ3) is 6.63. The zero-order valence-corrected chi connectivity index (χ0v) is 22.1. The van der Waals surface area contributed by atoms with E-state index >= 15 is 0 Å². The SMILES string of the molecule is C=C(CCC(=O)N(C)c1cccc(C)c1)OC(=C)NC1CN(c2cc(F)c(C3CCC(=O)NC3=O)c(F)c2)C1. The molecule has 1 atom stereocenters. The molecule has 2 aromatic rings. The van der Waals surface area contributed by atoms with Gasteiger partial charge in [0.2, 0.25) is 17.7 Å². The number of ether oxygens (including phenoxy) is 1. The van der Waals surface area contributed by atoms with Crippen LogP contribution in [0.2, 0.25) is 0 Å². The predicted octanol–water partition coefficient (Wildman–Crippen LogP) is 4.02. The molecular formula is C29H32F2N4O4. The van der Waals surface area contributed by atoms with Crippen molar-refractivity contribution in [2.24, 2.45) is 0 Å². The highest BCUT2D eigenvalue weighted by Gasteiger charge is 2.34. The van der Waals surface area contributed by atoms with Crippen LogP contribution in [0.15, 0.2) is 61.2 Å². The largest absolute Gasteiger partial charge is 0.447 e. The van der Waals surface area contributed by atoms with Crippen LogP contribution in [0.3, 0.4) is 0 Å². The lowest BCUT2D eigenvalue weighted by molar-refractivity contribution is -0.134. The predicted molar refractivity (Wildman–Crippen MR) is 144 cm³/mol. The van der Waals surface area contributed by atoms with Gasteiger partial charge in [-0.3, -0.25) is 19.7 Å². The number of rotatable bonds is 10.